The maximum Gasteiger partial charge on any atom is 0.230 e. The molecule has 0 saturated heterocycles. The van der Waals surface area contributed by atoms with Gasteiger partial charge < -0.3 is 15.4 Å². The van der Waals surface area contributed by atoms with E-state index in [0.717, 1.165) is 40.2 Å². The Labute approximate surface area is 155 Å². The van der Waals surface area contributed by atoms with Crippen LogP contribution in [0.5, 0.6) is 5.75 Å². The van der Waals surface area contributed by atoms with Gasteiger partial charge in [-0.25, -0.2) is 0 Å². The lowest BCUT2D eigenvalue weighted by atomic mass is 10.0. The molecule has 1 unspecified atom stereocenters. The summed E-state index contributed by atoms with van der Waals surface area (Å²) in [7, 11) is 1.65. The zero-order chi connectivity index (χ0) is 17.6. The van der Waals surface area contributed by atoms with Crippen LogP contribution >= 0.6 is 23.1 Å². The number of nitrogens with zero attached hydrogens (tertiary/aromatic N) is 2. The fourth-order valence-corrected chi connectivity index (χ4v) is 4.18. The van der Waals surface area contributed by atoms with Crippen LogP contribution in [0.15, 0.2) is 28.6 Å². The van der Waals surface area contributed by atoms with E-state index in [0.29, 0.717) is 11.7 Å². The zero-order valence-electron chi connectivity index (χ0n) is 14.3. The number of amides is 1. The van der Waals surface area contributed by atoms with Crippen LogP contribution in [0.2, 0.25) is 0 Å². The fourth-order valence-electron chi connectivity index (χ4n) is 2.55. The van der Waals surface area contributed by atoms with Gasteiger partial charge in [0.25, 0.3) is 0 Å². The molecule has 6 nitrogen and oxygen atoms in total. The van der Waals surface area contributed by atoms with Gasteiger partial charge in [0, 0.05) is 6.54 Å². The van der Waals surface area contributed by atoms with Crippen molar-refractivity contribution in [2.45, 2.75) is 30.1 Å². The number of carbonyl (C=O) groups excluding carboxylic acids is 1. The quantitative estimate of drug-likeness (QED) is 0.652. The van der Waals surface area contributed by atoms with Crippen LogP contribution in [-0.2, 0) is 4.79 Å². The first-order valence-electron chi connectivity index (χ1n) is 8.33. The predicted octanol–water partition coefficient (Wildman–Crippen LogP) is 3.34. The fraction of sp³-hybridized carbons (Fsp3) is 0.471. The second-order valence-electron chi connectivity index (χ2n) is 5.85. The summed E-state index contributed by atoms with van der Waals surface area (Å²) in [5.74, 6) is 1.73. The maximum atomic E-state index is 12.4. The first kappa shape index (κ1) is 18.0. The minimum atomic E-state index is 0.0259. The molecule has 2 aromatic rings. The summed E-state index contributed by atoms with van der Waals surface area (Å²) in [6.07, 6.45) is 2.32. The molecule has 0 aliphatic heterocycles. The molecule has 1 saturated carbocycles. The first-order valence-corrected chi connectivity index (χ1v) is 10.1. The molecular formula is C17H22N4O2S2. The average molecular weight is 379 g/mol. The summed E-state index contributed by atoms with van der Waals surface area (Å²) < 4.78 is 6.01. The van der Waals surface area contributed by atoms with Gasteiger partial charge in [0.15, 0.2) is 4.34 Å². The lowest BCUT2D eigenvalue weighted by Crippen LogP contribution is -2.31. The SMILES string of the molecule is CCNc1nnc(SCC(=O)NC(c2ccc(OC)cc2)C2CC2)s1. The molecule has 1 aromatic carbocycles. The van der Waals surface area contributed by atoms with Crippen molar-refractivity contribution in [3.05, 3.63) is 29.8 Å². The first-order chi connectivity index (χ1) is 12.2. The molecule has 134 valence electrons. The smallest absolute Gasteiger partial charge is 0.230 e. The average Bonchev–Trinajstić information content (AvgIpc) is 3.38. The molecular weight excluding hydrogens is 356 g/mol. The number of aromatic nitrogens is 2. The van der Waals surface area contributed by atoms with Crippen molar-refractivity contribution < 1.29 is 9.53 Å². The van der Waals surface area contributed by atoms with Crippen LogP contribution in [0, 0.1) is 5.92 Å². The van der Waals surface area contributed by atoms with Crippen molar-refractivity contribution in [1.29, 1.82) is 0 Å². The predicted molar refractivity (Wildman–Crippen MR) is 101 cm³/mol. The van der Waals surface area contributed by atoms with E-state index in [-0.39, 0.29) is 11.9 Å². The Morgan fingerprint density at radius 2 is 2.12 bits per heavy atom. The van der Waals surface area contributed by atoms with Gasteiger partial charge in [-0.2, -0.15) is 0 Å². The lowest BCUT2D eigenvalue weighted by molar-refractivity contribution is -0.119. The van der Waals surface area contributed by atoms with E-state index in [1.807, 2.05) is 31.2 Å². The molecule has 1 amide bonds. The van der Waals surface area contributed by atoms with E-state index in [2.05, 4.69) is 20.8 Å². The monoisotopic (exact) mass is 378 g/mol. The number of hydrogen-bond donors (Lipinski definition) is 2. The van der Waals surface area contributed by atoms with Crippen LogP contribution in [0.4, 0.5) is 5.13 Å². The minimum absolute atomic E-state index is 0.0259. The Morgan fingerprint density at radius 3 is 2.76 bits per heavy atom. The molecule has 1 heterocycles. The number of hydrogen-bond acceptors (Lipinski definition) is 7. The van der Waals surface area contributed by atoms with Crippen molar-refractivity contribution in [2.24, 2.45) is 5.92 Å². The largest absolute Gasteiger partial charge is 0.497 e. The highest BCUT2D eigenvalue weighted by atomic mass is 32.2. The molecule has 8 heteroatoms. The highest BCUT2D eigenvalue weighted by molar-refractivity contribution is 8.01. The number of thioether (sulfide) groups is 1. The van der Waals surface area contributed by atoms with Crippen molar-refractivity contribution >= 4 is 34.1 Å². The lowest BCUT2D eigenvalue weighted by Gasteiger charge is -2.19. The molecule has 0 radical (unpaired) electrons. The van der Waals surface area contributed by atoms with E-state index in [1.165, 1.54) is 23.1 Å². The topological polar surface area (TPSA) is 76.1 Å². The van der Waals surface area contributed by atoms with E-state index in [4.69, 9.17) is 4.74 Å². The summed E-state index contributed by atoms with van der Waals surface area (Å²) in [5, 5.41) is 15.2. The van der Waals surface area contributed by atoms with Gasteiger partial charge >= 0.3 is 0 Å². The molecule has 0 bridgehead atoms. The van der Waals surface area contributed by atoms with Crippen molar-refractivity contribution in [2.75, 3.05) is 24.7 Å². The maximum absolute atomic E-state index is 12.4. The summed E-state index contributed by atoms with van der Waals surface area (Å²) >= 11 is 2.90. The molecule has 2 N–H and O–H groups in total. The van der Waals surface area contributed by atoms with Crippen LogP contribution < -0.4 is 15.4 Å². The van der Waals surface area contributed by atoms with Crippen LogP contribution in [-0.4, -0.2) is 35.5 Å². The Kier molecular flexibility index (Phi) is 6.14. The molecule has 1 atom stereocenters. The van der Waals surface area contributed by atoms with Gasteiger partial charge in [0.05, 0.1) is 18.9 Å². The Morgan fingerprint density at radius 1 is 1.36 bits per heavy atom. The van der Waals surface area contributed by atoms with Crippen LogP contribution in [0.1, 0.15) is 31.4 Å². The summed E-state index contributed by atoms with van der Waals surface area (Å²) in [5.41, 5.74) is 1.13. The van der Waals surface area contributed by atoms with E-state index in [1.54, 1.807) is 7.11 Å². The van der Waals surface area contributed by atoms with Crippen molar-refractivity contribution in [3.8, 4) is 5.75 Å². The third-order valence-corrected chi connectivity index (χ3v) is 5.96. The number of nitrogens with one attached hydrogen (secondary N) is 2. The van der Waals surface area contributed by atoms with Gasteiger partial charge in [0.2, 0.25) is 11.0 Å². The third kappa shape index (κ3) is 5.09. The van der Waals surface area contributed by atoms with E-state index in [9.17, 15) is 4.79 Å². The van der Waals surface area contributed by atoms with Gasteiger partial charge in [-0.15, -0.1) is 10.2 Å². The van der Waals surface area contributed by atoms with E-state index < -0.39 is 0 Å². The third-order valence-electron chi connectivity index (χ3n) is 3.95. The second kappa shape index (κ2) is 8.53. The number of anilines is 1. The molecule has 1 aromatic heterocycles. The number of benzene rings is 1. The molecule has 1 aliphatic rings. The van der Waals surface area contributed by atoms with Crippen LogP contribution in [0.25, 0.3) is 0 Å². The number of methoxy groups -OCH3 is 1. The minimum Gasteiger partial charge on any atom is -0.497 e. The van der Waals surface area contributed by atoms with Gasteiger partial charge in [-0.05, 0) is 43.4 Å². The zero-order valence-corrected chi connectivity index (χ0v) is 16.0. The van der Waals surface area contributed by atoms with Crippen LogP contribution in [0.3, 0.4) is 0 Å². The van der Waals surface area contributed by atoms with Crippen molar-refractivity contribution in [3.63, 3.8) is 0 Å². The number of carbonyl (C=O) groups is 1. The van der Waals surface area contributed by atoms with Gasteiger partial charge in [-0.1, -0.05) is 35.2 Å². The number of rotatable bonds is 9. The molecule has 1 fully saturated rings. The summed E-state index contributed by atoms with van der Waals surface area (Å²) in [6.45, 7) is 2.82. The second-order valence-corrected chi connectivity index (χ2v) is 8.05. The Bertz CT molecular complexity index is 701. The normalized spacial score (nSPS) is 14.8. The molecule has 3 rings (SSSR count). The summed E-state index contributed by atoms with van der Waals surface area (Å²) in [6, 6.07) is 8.01. The van der Waals surface area contributed by atoms with Gasteiger partial charge in [-0.3, -0.25) is 4.79 Å². The van der Waals surface area contributed by atoms with Crippen molar-refractivity contribution in [1.82, 2.24) is 15.5 Å². The standard InChI is InChI=1S/C17H22N4O2S2/c1-3-18-16-20-21-17(25-16)24-10-14(22)19-15(11-4-5-11)12-6-8-13(23-2)9-7-12/h6-9,11,15H,3-5,10H2,1-2H3,(H,18,20)(H,19,22). The molecule has 1 aliphatic carbocycles. The summed E-state index contributed by atoms with van der Waals surface area (Å²) in [4.78, 5) is 12.4. The Hall–Kier alpha value is -1.80. The number of ether oxygens (including phenoxy) is 1. The molecule has 0 spiro atoms. The Balaban J connectivity index is 1.55. The molecule has 25 heavy (non-hydrogen) atoms. The van der Waals surface area contributed by atoms with Gasteiger partial charge in [0.1, 0.15) is 5.75 Å². The highest BCUT2D eigenvalue weighted by Gasteiger charge is 2.33. The van der Waals surface area contributed by atoms with E-state index >= 15 is 0 Å². The highest BCUT2D eigenvalue weighted by Crippen LogP contribution is 2.41.